The average Bonchev–Trinajstić information content (AvgIpc) is 3.06. The van der Waals surface area contributed by atoms with Crippen LogP contribution >= 0.6 is 0 Å². The number of para-hydroxylation sites is 1. The van der Waals surface area contributed by atoms with Crippen LogP contribution in [0.3, 0.4) is 0 Å². The smallest absolute Gasteiger partial charge is 0.354 e. The number of nitrogens with zero attached hydrogens (tertiary/aromatic N) is 4. The minimum atomic E-state index is -2.93. The number of benzene rings is 1. The molecule has 1 aliphatic rings. The zero-order valence-corrected chi connectivity index (χ0v) is 17.3. The quantitative estimate of drug-likeness (QED) is 0.626. The van der Waals surface area contributed by atoms with E-state index >= 15 is 0 Å². The number of carbonyl (C=O) groups is 1. The molecule has 0 amide bonds. The summed E-state index contributed by atoms with van der Waals surface area (Å²) >= 11 is 0. The lowest BCUT2D eigenvalue weighted by Gasteiger charge is -2.26. The second kappa shape index (κ2) is 8.04. The third kappa shape index (κ3) is 4.14. The molecule has 1 saturated heterocycles. The van der Waals surface area contributed by atoms with Crippen molar-refractivity contribution in [3.63, 3.8) is 0 Å². The van der Waals surface area contributed by atoms with E-state index in [0.29, 0.717) is 48.7 Å². The molecule has 1 aromatic carbocycles. The first-order valence-corrected chi connectivity index (χ1v) is 11.4. The maximum Gasteiger partial charge on any atom is 0.354 e. The minimum absolute atomic E-state index is 0.126. The molecule has 0 saturated carbocycles. The van der Waals surface area contributed by atoms with Gasteiger partial charge in [0.15, 0.2) is 21.2 Å². The van der Waals surface area contributed by atoms with E-state index in [1.165, 1.54) is 6.07 Å². The van der Waals surface area contributed by atoms with E-state index in [0.717, 1.165) is 5.69 Å². The first-order valence-electron chi connectivity index (χ1n) is 9.59. The molecular formula is C20H22N4O5S. The van der Waals surface area contributed by atoms with E-state index in [9.17, 15) is 18.3 Å². The molecule has 0 spiro atoms. The van der Waals surface area contributed by atoms with E-state index in [4.69, 9.17) is 4.74 Å². The number of rotatable bonds is 6. The third-order valence-corrected chi connectivity index (χ3v) is 6.71. The fraction of sp³-hybridized carbons (Fsp3) is 0.350. The molecule has 1 aliphatic heterocycles. The van der Waals surface area contributed by atoms with Gasteiger partial charge in [-0.2, -0.15) is 5.10 Å². The predicted molar refractivity (Wildman–Crippen MR) is 111 cm³/mol. The maximum atomic E-state index is 11.6. The van der Waals surface area contributed by atoms with Gasteiger partial charge in [-0.3, -0.25) is 4.90 Å². The molecule has 3 heterocycles. The van der Waals surface area contributed by atoms with Gasteiger partial charge in [0, 0.05) is 25.7 Å². The summed E-state index contributed by atoms with van der Waals surface area (Å²) in [6, 6.07) is 10.8. The number of ether oxygens (including phenoxy) is 1. The Kier molecular flexibility index (Phi) is 5.44. The van der Waals surface area contributed by atoms with Crippen LogP contribution in [0.5, 0.6) is 5.75 Å². The average molecular weight is 430 g/mol. The Morgan fingerprint density at radius 2 is 1.90 bits per heavy atom. The fourth-order valence-electron chi connectivity index (χ4n) is 3.48. The zero-order valence-electron chi connectivity index (χ0n) is 16.5. The first-order chi connectivity index (χ1) is 14.3. The number of carboxylic acid groups (broad SMARTS) is 1. The lowest BCUT2D eigenvalue weighted by Crippen LogP contribution is -2.42. The highest BCUT2D eigenvalue weighted by Crippen LogP contribution is 2.30. The molecular weight excluding hydrogens is 408 g/mol. The SMILES string of the molecule is Cc1nn(-c2ccccc2)c2nc(C(=O)O)cc(OCCN3CCS(=O)(=O)CC3)c12. The van der Waals surface area contributed by atoms with Crippen molar-refractivity contribution < 1.29 is 23.1 Å². The summed E-state index contributed by atoms with van der Waals surface area (Å²) in [6.45, 7) is 3.62. The van der Waals surface area contributed by atoms with Gasteiger partial charge in [-0.25, -0.2) is 22.9 Å². The Morgan fingerprint density at radius 1 is 1.20 bits per heavy atom. The summed E-state index contributed by atoms with van der Waals surface area (Å²) in [5.41, 5.74) is 1.74. The van der Waals surface area contributed by atoms with Crippen molar-refractivity contribution in [1.29, 1.82) is 0 Å². The number of aromatic nitrogens is 3. The van der Waals surface area contributed by atoms with E-state index in [1.807, 2.05) is 42.2 Å². The fourth-order valence-corrected chi connectivity index (χ4v) is 4.76. The molecule has 30 heavy (non-hydrogen) atoms. The summed E-state index contributed by atoms with van der Waals surface area (Å²) in [5, 5.41) is 14.7. The van der Waals surface area contributed by atoms with Crippen LogP contribution in [0.4, 0.5) is 0 Å². The minimum Gasteiger partial charge on any atom is -0.491 e. The number of aromatic carboxylic acids is 1. The van der Waals surface area contributed by atoms with Crippen LogP contribution in [0.2, 0.25) is 0 Å². The van der Waals surface area contributed by atoms with Crippen LogP contribution in [-0.4, -0.2) is 76.9 Å². The van der Waals surface area contributed by atoms with Crippen molar-refractivity contribution in [2.24, 2.45) is 0 Å². The summed E-state index contributed by atoms with van der Waals surface area (Å²) in [4.78, 5) is 17.9. The van der Waals surface area contributed by atoms with Crippen molar-refractivity contribution in [3.05, 3.63) is 47.8 Å². The maximum absolute atomic E-state index is 11.6. The van der Waals surface area contributed by atoms with Crippen molar-refractivity contribution in [3.8, 4) is 11.4 Å². The Hall–Kier alpha value is -2.98. The molecule has 0 radical (unpaired) electrons. The highest BCUT2D eigenvalue weighted by atomic mass is 32.2. The molecule has 9 nitrogen and oxygen atoms in total. The normalized spacial score (nSPS) is 16.6. The molecule has 158 valence electrons. The Labute approximate surface area is 173 Å². The lowest BCUT2D eigenvalue weighted by atomic mass is 10.2. The van der Waals surface area contributed by atoms with Gasteiger partial charge in [0.25, 0.3) is 0 Å². The molecule has 0 aliphatic carbocycles. The van der Waals surface area contributed by atoms with Crippen molar-refractivity contribution in [2.75, 3.05) is 37.7 Å². The molecule has 4 rings (SSSR count). The van der Waals surface area contributed by atoms with Gasteiger partial charge in [0.1, 0.15) is 12.4 Å². The van der Waals surface area contributed by atoms with Crippen LogP contribution in [0.25, 0.3) is 16.7 Å². The first kappa shape index (κ1) is 20.3. The van der Waals surface area contributed by atoms with E-state index in [1.54, 1.807) is 4.68 Å². The summed E-state index contributed by atoms with van der Waals surface area (Å²) < 4.78 is 30.7. The number of carboxylic acids is 1. The van der Waals surface area contributed by atoms with E-state index in [-0.39, 0.29) is 17.2 Å². The highest BCUT2D eigenvalue weighted by molar-refractivity contribution is 7.91. The van der Waals surface area contributed by atoms with Gasteiger partial charge in [-0.05, 0) is 19.1 Å². The van der Waals surface area contributed by atoms with Crippen molar-refractivity contribution in [1.82, 2.24) is 19.7 Å². The van der Waals surface area contributed by atoms with Gasteiger partial charge in [-0.15, -0.1) is 0 Å². The van der Waals surface area contributed by atoms with Gasteiger partial charge in [0.2, 0.25) is 0 Å². The van der Waals surface area contributed by atoms with Crippen LogP contribution < -0.4 is 4.74 Å². The molecule has 1 fully saturated rings. The molecule has 3 aromatic rings. The summed E-state index contributed by atoms with van der Waals surface area (Å²) in [7, 11) is -2.93. The lowest BCUT2D eigenvalue weighted by molar-refractivity contribution is 0.0690. The van der Waals surface area contributed by atoms with Crippen LogP contribution in [0.1, 0.15) is 16.2 Å². The van der Waals surface area contributed by atoms with Crippen LogP contribution in [0.15, 0.2) is 36.4 Å². The third-order valence-electron chi connectivity index (χ3n) is 5.10. The zero-order chi connectivity index (χ0) is 21.3. The number of fused-ring (bicyclic) bond motifs is 1. The summed E-state index contributed by atoms with van der Waals surface area (Å²) in [6.07, 6.45) is 0. The standard InChI is InChI=1S/C20H22N4O5S/c1-14-18-17(29-10-7-23-8-11-30(27,28)12-9-23)13-16(20(25)26)21-19(18)24(22-14)15-5-3-2-4-6-15/h2-6,13H,7-12H2,1H3,(H,25,26). The van der Waals surface area contributed by atoms with Crippen LogP contribution in [0, 0.1) is 6.92 Å². The molecule has 1 N–H and O–H groups in total. The van der Waals surface area contributed by atoms with Gasteiger partial charge in [0.05, 0.1) is 28.3 Å². The second-order valence-electron chi connectivity index (χ2n) is 7.18. The number of hydrogen-bond donors (Lipinski definition) is 1. The number of aryl methyl sites for hydroxylation is 1. The van der Waals surface area contributed by atoms with E-state index < -0.39 is 15.8 Å². The molecule has 0 bridgehead atoms. The van der Waals surface area contributed by atoms with Crippen LogP contribution in [-0.2, 0) is 9.84 Å². The largest absolute Gasteiger partial charge is 0.491 e. The van der Waals surface area contributed by atoms with E-state index in [2.05, 4.69) is 10.1 Å². The topological polar surface area (TPSA) is 115 Å². The molecule has 0 unspecified atom stereocenters. The van der Waals surface area contributed by atoms with Gasteiger partial charge < -0.3 is 9.84 Å². The van der Waals surface area contributed by atoms with Crippen molar-refractivity contribution in [2.45, 2.75) is 6.92 Å². The van der Waals surface area contributed by atoms with Gasteiger partial charge in [-0.1, -0.05) is 18.2 Å². The Bertz CT molecular complexity index is 1180. The summed E-state index contributed by atoms with van der Waals surface area (Å²) in [5.74, 6) is -0.444. The highest BCUT2D eigenvalue weighted by Gasteiger charge is 2.22. The molecule has 2 aromatic heterocycles. The predicted octanol–water partition coefficient (Wildman–Crippen LogP) is 1.54. The monoisotopic (exact) mass is 430 g/mol. The van der Waals surface area contributed by atoms with Gasteiger partial charge >= 0.3 is 5.97 Å². The second-order valence-corrected chi connectivity index (χ2v) is 9.49. The number of pyridine rings is 1. The van der Waals surface area contributed by atoms with Crippen molar-refractivity contribution >= 4 is 26.8 Å². The molecule has 0 atom stereocenters. The molecule has 10 heteroatoms. The number of hydrogen-bond acceptors (Lipinski definition) is 7. The Morgan fingerprint density at radius 3 is 2.57 bits per heavy atom. The Balaban J connectivity index is 1.62. The number of sulfone groups is 1.